The van der Waals surface area contributed by atoms with Crippen molar-refractivity contribution < 1.29 is 32.6 Å². The van der Waals surface area contributed by atoms with Crippen molar-refractivity contribution in [3.05, 3.63) is 35.3 Å². The van der Waals surface area contributed by atoms with Crippen LogP contribution in [0.5, 0.6) is 5.75 Å². The summed E-state index contributed by atoms with van der Waals surface area (Å²) in [5.74, 6) is -1.69. The van der Waals surface area contributed by atoms with Crippen molar-refractivity contribution in [2.24, 2.45) is 0 Å². The number of hydrogen-bond donors (Lipinski definition) is 2. The SMILES string of the molecule is O=C(O)CCNC(=O)Cc1csc(-c2ccc(OC(F)(F)F)cc2)n1. The zero-order valence-electron chi connectivity index (χ0n) is 12.7. The van der Waals surface area contributed by atoms with Gasteiger partial charge in [-0.05, 0) is 24.3 Å². The number of thiazole rings is 1. The summed E-state index contributed by atoms with van der Waals surface area (Å²) in [4.78, 5) is 26.3. The van der Waals surface area contributed by atoms with Crippen molar-refractivity contribution in [3.8, 4) is 16.3 Å². The summed E-state index contributed by atoms with van der Waals surface area (Å²) >= 11 is 1.24. The van der Waals surface area contributed by atoms with E-state index in [0.717, 1.165) is 0 Å². The highest BCUT2D eigenvalue weighted by Crippen LogP contribution is 2.28. The number of carbonyl (C=O) groups is 2. The molecule has 0 bridgehead atoms. The monoisotopic (exact) mass is 374 g/mol. The molecule has 2 aromatic rings. The van der Waals surface area contributed by atoms with E-state index in [1.807, 2.05) is 0 Å². The van der Waals surface area contributed by atoms with E-state index in [4.69, 9.17) is 5.11 Å². The number of nitrogens with one attached hydrogen (secondary N) is 1. The highest BCUT2D eigenvalue weighted by Gasteiger charge is 2.31. The number of carboxylic acids is 1. The molecular weight excluding hydrogens is 361 g/mol. The second-order valence-corrected chi connectivity index (χ2v) is 5.74. The van der Waals surface area contributed by atoms with E-state index in [2.05, 4.69) is 15.0 Å². The largest absolute Gasteiger partial charge is 0.573 e. The van der Waals surface area contributed by atoms with Gasteiger partial charge < -0.3 is 15.2 Å². The number of ether oxygens (including phenoxy) is 1. The van der Waals surface area contributed by atoms with Gasteiger partial charge in [0.2, 0.25) is 5.91 Å². The van der Waals surface area contributed by atoms with E-state index >= 15 is 0 Å². The van der Waals surface area contributed by atoms with Crippen LogP contribution in [0, 0.1) is 0 Å². The number of aromatic nitrogens is 1. The van der Waals surface area contributed by atoms with E-state index in [1.165, 1.54) is 35.6 Å². The topological polar surface area (TPSA) is 88.5 Å². The van der Waals surface area contributed by atoms with E-state index < -0.39 is 12.3 Å². The molecule has 2 N–H and O–H groups in total. The number of benzene rings is 1. The molecule has 0 atom stereocenters. The zero-order chi connectivity index (χ0) is 18.4. The summed E-state index contributed by atoms with van der Waals surface area (Å²) in [6.07, 6.45) is -4.92. The second kappa shape index (κ2) is 7.97. The van der Waals surface area contributed by atoms with Gasteiger partial charge in [-0.2, -0.15) is 0 Å². The predicted octanol–water partition coefficient (Wildman–Crippen LogP) is 2.84. The summed E-state index contributed by atoms with van der Waals surface area (Å²) in [7, 11) is 0. The van der Waals surface area contributed by atoms with Crippen LogP contribution in [-0.4, -0.2) is 34.9 Å². The summed E-state index contributed by atoms with van der Waals surface area (Å²) < 4.78 is 40.2. The lowest BCUT2D eigenvalue weighted by Crippen LogP contribution is -2.27. The molecule has 0 fully saturated rings. The molecule has 25 heavy (non-hydrogen) atoms. The first-order valence-electron chi connectivity index (χ1n) is 7.02. The molecule has 0 aliphatic heterocycles. The molecule has 6 nitrogen and oxygen atoms in total. The molecule has 0 aliphatic rings. The number of nitrogens with zero attached hydrogens (tertiary/aromatic N) is 1. The Morgan fingerprint density at radius 2 is 1.92 bits per heavy atom. The van der Waals surface area contributed by atoms with Crippen LogP contribution in [0.4, 0.5) is 13.2 Å². The fourth-order valence-corrected chi connectivity index (χ4v) is 2.68. The third-order valence-electron chi connectivity index (χ3n) is 2.89. The van der Waals surface area contributed by atoms with Gasteiger partial charge in [0.1, 0.15) is 10.8 Å². The minimum absolute atomic E-state index is 0.00854. The first-order chi connectivity index (χ1) is 11.7. The van der Waals surface area contributed by atoms with Crippen molar-refractivity contribution in [3.63, 3.8) is 0 Å². The van der Waals surface area contributed by atoms with Crippen LogP contribution in [0.15, 0.2) is 29.6 Å². The molecule has 0 aliphatic carbocycles. The number of alkyl halides is 3. The molecule has 1 amide bonds. The molecule has 1 aromatic carbocycles. The maximum absolute atomic E-state index is 12.1. The lowest BCUT2D eigenvalue weighted by Gasteiger charge is -2.08. The molecule has 1 aromatic heterocycles. The van der Waals surface area contributed by atoms with Crippen LogP contribution < -0.4 is 10.1 Å². The van der Waals surface area contributed by atoms with Crippen molar-refractivity contribution in [1.82, 2.24) is 10.3 Å². The van der Waals surface area contributed by atoms with Crippen molar-refractivity contribution in [2.45, 2.75) is 19.2 Å². The Hall–Kier alpha value is -2.62. The number of amides is 1. The lowest BCUT2D eigenvalue weighted by molar-refractivity contribution is -0.274. The quantitative estimate of drug-likeness (QED) is 0.778. The average Bonchev–Trinajstić information content (AvgIpc) is 2.94. The number of carboxylic acid groups (broad SMARTS) is 1. The minimum Gasteiger partial charge on any atom is -0.481 e. The Morgan fingerprint density at radius 1 is 1.24 bits per heavy atom. The number of hydrogen-bond acceptors (Lipinski definition) is 5. The smallest absolute Gasteiger partial charge is 0.481 e. The molecule has 10 heteroatoms. The van der Waals surface area contributed by atoms with Crippen LogP contribution in [-0.2, 0) is 16.0 Å². The van der Waals surface area contributed by atoms with Crippen LogP contribution in [0.1, 0.15) is 12.1 Å². The summed E-state index contributed by atoms with van der Waals surface area (Å²) in [5, 5.41) is 13.2. The molecule has 0 saturated heterocycles. The second-order valence-electron chi connectivity index (χ2n) is 4.89. The number of rotatable bonds is 7. The van der Waals surface area contributed by atoms with Gasteiger partial charge in [-0.25, -0.2) is 4.98 Å². The third kappa shape index (κ3) is 6.42. The zero-order valence-corrected chi connectivity index (χ0v) is 13.5. The molecule has 2 rings (SSSR count). The van der Waals surface area contributed by atoms with Crippen LogP contribution in [0.3, 0.4) is 0 Å². The standard InChI is InChI=1S/C15H13F3N2O4S/c16-15(17,18)24-11-3-1-9(2-4-11)14-20-10(8-25-14)7-12(21)19-6-5-13(22)23/h1-4,8H,5-7H2,(H,19,21)(H,22,23). The summed E-state index contributed by atoms with van der Waals surface area (Å²) in [6.45, 7) is 0.0336. The van der Waals surface area contributed by atoms with Gasteiger partial charge >= 0.3 is 12.3 Å². The van der Waals surface area contributed by atoms with Gasteiger partial charge in [-0.3, -0.25) is 9.59 Å². The van der Waals surface area contributed by atoms with Crippen molar-refractivity contribution in [1.29, 1.82) is 0 Å². The van der Waals surface area contributed by atoms with Gasteiger partial charge in [0.05, 0.1) is 18.5 Å². The van der Waals surface area contributed by atoms with Crippen LogP contribution in [0.2, 0.25) is 0 Å². The molecule has 0 spiro atoms. The fourth-order valence-electron chi connectivity index (χ4n) is 1.86. The predicted molar refractivity (Wildman–Crippen MR) is 83.2 cm³/mol. The number of carbonyl (C=O) groups excluding carboxylic acids is 1. The van der Waals surface area contributed by atoms with Gasteiger partial charge in [0.25, 0.3) is 0 Å². The molecule has 1 heterocycles. The highest BCUT2D eigenvalue weighted by molar-refractivity contribution is 7.13. The average molecular weight is 374 g/mol. The molecule has 0 unspecified atom stereocenters. The van der Waals surface area contributed by atoms with Crippen molar-refractivity contribution in [2.75, 3.05) is 6.54 Å². The molecule has 134 valence electrons. The first-order valence-corrected chi connectivity index (χ1v) is 7.90. The molecule has 0 radical (unpaired) electrons. The van der Waals surface area contributed by atoms with E-state index in [9.17, 15) is 22.8 Å². The Morgan fingerprint density at radius 3 is 2.52 bits per heavy atom. The molecule has 0 saturated carbocycles. The first kappa shape index (κ1) is 18.7. The maximum atomic E-state index is 12.1. The number of aliphatic carboxylic acids is 1. The maximum Gasteiger partial charge on any atom is 0.573 e. The molecular formula is C15H13F3N2O4S. The van der Waals surface area contributed by atoms with Crippen LogP contribution >= 0.6 is 11.3 Å². The van der Waals surface area contributed by atoms with E-state index in [0.29, 0.717) is 16.3 Å². The number of halogens is 3. The van der Waals surface area contributed by atoms with Gasteiger partial charge in [-0.15, -0.1) is 24.5 Å². The Kier molecular flexibility index (Phi) is 5.97. The highest BCUT2D eigenvalue weighted by atomic mass is 32.1. The third-order valence-corrected chi connectivity index (χ3v) is 3.83. The summed E-state index contributed by atoms with van der Waals surface area (Å²) in [6, 6.07) is 5.25. The van der Waals surface area contributed by atoms with E-state index in [-0.39, 0.29) is 31.0 Å². The lowest BCUT2D eigenvalue weighted by atomic mass is 10.2. The van der Waals surface area contributed by atoms with Crippen LogP contribution in [0.25, 0.3) is 10.6 Å². The van der Waals surface area contributed by atoms with Gasteiger partial charge in [0.15, 0.2) is 0 Å². The Bertz CT molecular complexity index is 744. The van der Waals surface area contributed by atoms with Gasteiger partial charge in [-0.1, -0.05) is 0 Å². The van der Waals surface area contributed by atoms with Gasteiger partial charge in [0, 0.05) is 17.5 Å². The minimum atomic E-state index is -4.75. The van der Waals surface area contributed by atoms with Crippen molar-refractivity contribution >= 4 is 23.2 Å². The van der Waals surface area contributed by atoms with E-state index in [1.54, 1.807) is 5.38 Å². The fraction of sp³-hybridized carbons (Fsp3) is 0.267. The summed E-state index contributed by atoms with van der Waals surface area (Å²) in [5.41, 5.74) is 1.08. The Balaban J connectivity index is 1.94. The Labute approximate surface area is 144 Å². The normalized spacial score (nSPS) is 11.2.